The van der Waals surface area contributed by atoms with E-state index in [9.17, 15) is 0 Å². The molecular formula is C13H17BrN4O. The summed E-state index contributed by atoms with van der Waals surface area (Å²) >= 11 is 3.40. The highest BCUT2D eigenvalue weighted by molar-refractivity contribution is 9.10. The van der Waals surface area contributed by atoms with Gasteiger partial charge in [0.15, 0.2) is 0 Å². The zero-order valence-corrected chi connectivity index (χ0v) is 12.4. The molecule has 1 atom stereocenters. The predicted octanol–water partition coefficient (Wildman–Crippen LogP) is 2.53. The molecule has 2 aromatic rings. The molecule has 2 rings (SSSR count). The van der Waals surface area contributed by atoms with Crippen LogP contribution in [-0.2, 0) is 6.54 Å². The van der Waals surface area contributed by atoms with E-state index in [0.717, 1.165) is 22.3 Å². The van der Waals surface area contributed by atoms with Crippen LogP contribution in [0.4, 0.5) is 0 Å². The van der Waals surface area contributed by atoms with Crippen LogP contribution in [0.25, 0.3) is 0 Å². The van der Waals surface area contributed by atoms with Gasteiger partial charge < -0.3 is 10.5 Å². The van der Waals surface area contributed by atoms with Crippen LogP contribution in [0.2, 0.25) is 0 Å². The van der Waals surface area contributed by atoms with E-state index in [1.54, 1.807) is 4.68 Å². The second-order valence-corrected chi connectivity index (χ2v) is 5.14. The molecule has 2 N–H and O–H groups in total. The maximum Gasteiger partial charge on any atom is 0.120 e. The third kappa shape index (κ3) is 4.04. The van der Waals surface area contributed by atoms with E-state index in [1.807, 2.05) is 37.4 Å². The molecule has 0 spiro atoms. The lowest BCUT2D eigenvalue weighted by atomic mass is 10.2. The molecule has 0 aliphatic carbocycles. The van der Waals surface area contributed by atoms with Crippen LogP contribution in [0, 0.1) is 0 Å². The van der Waals surface area contributed by atoms with E-state index in [2.05, 4.69) is 26.2 Å². The van der Waals surface area contributed by atoms with Gasteiger partial charge in [0.2, 0.25) is 0 Å². The van der Waals surface area contributed by atoms with E-state index < -0.39 is 0 Å². The van der Waals surface area contributed by atoms with Crippen LogP contribution in [0.3, 0.4) is 0 Å². The summed E-state index contributed by atoms with van der Waals surface area (Å²) in [7, 11) is 0. The summed E-state index contributed by atoms with van der Waals surface area (Å²) in [4.78, 5) is 0. The lowest BCUT2D eigenvalue weighted by Crippen LogP contribution is -2.10. The molecule has 0 aliphatic rings. The number of ether oxygens (including phenoxy) is 1. The van der Waals surface area contributed by atoms with Crippen LogP contribution >= 0.6 is 15.9 Å². The zero-order valence-electron chi connectivity index (χ0n) is 10.8. The zero-order chi connectivity index (χ0) is 13.7. The summed E-state index contributed by atoms with van der Waals surface area (Å²) in [6.07, 6.45) is 2.73. The third-order valence-corrected chi connectivity index (χ3v) is 3.25. The maximum atomic E-state index is 5.89. The fourth-order valence-electron chi connectivity index (χ4n) is 1.62. The van der Waals surface area contributed by atoms with Crippen molar-refractivity contribution in [3.05, 3.63) is 40.6 Å². The second kappa shape index (κ2) is 6.68. The number of nitrogens with two attached hydrogens (primary N) is 1. The Morgan fingerprint density at radius 1 is 1.47 bits per heavy atom. The van der Waals surface area contributed by atoms with Crippen LogP contribution in [-0.4, -0.2) is 21.6 Å². The van der Waals surface area contributed by atoms with Crippen molar-refractivity contribution < 1.29 is 4.74 Å². The molecule has 19 heavy (non-hydrogen) atoms. The van der Waals surface area contributed by atoms with Crippen LogP contribution in [0.15, 0.2) is 34.9 Å². The van der Waals surface area contributed by atoms with Gasteiger partial charge in [-0.2, -0.15) is 0 Å². The Kier molecular flexibility index (Phi) is 4.93. The fourth-order valence-corrected chi connectivity index (χ4v) is 1.99. The van der Waals surface area contributed by atoms with Crippen molar-refractivity contribution in [2.24, 2.45) is 5.73 Å². The lowest BCUT2D eigenvalue weighted by Gasteiger charge is -2.06. The molecule has 0 radical (unpaired) electrons. The van der Waals surface area contributed by atoms with Crippen LogP contribution < -0.4 is 10.5 Å². The summed E-state index contributed by atoms with van der Waals surface area (Å²) in [5.41, 5.74) is 6.72. The number of hydrogen-bond acceptors (Lipinski definition) is 4. The van der Waals surface area contributed by atoms with Crippen molar-refractivity contribution in [3.8, 4) is 5.75 Å². The number of aromatic nitrogens is 3. The molecular weight excluding hydrogens is 308 g/mol. The summed E-state index contributed by atoms with van der Waals surface area (Å²) in [5.74, 6) is 0.833. The molecule has 0 amide bonds. The van der Waals surface area contributed by atoms with Gasteiger partial charge in [0, 0.05) is 4.47 Å². The molecule has 0 saturated carbocycles. The van der Waals surface area contributed by atoms with Crippen LogP contribution in [0.1, 0.15) is 25.1 Å². The van der Waals surface area contributed by atoms with Crippen molar-refractivity contribution in [1.29, 1.82) is 0 Å². The summed E-state index contributed by atoms with van der Waals surface area (Å²) in [5, 5.41) is 8.08. The molecule has 0 bridgehead atoms. The topological polar surface area (TPSA) is 66.0 Å². The molecule has 6 heteroatoms. The molecule has 1 unspecified atom stereocenters. The van der Waals surface area contributed by atoms with Gasteiger partial charge in [0.1, 0.15) is 12.4 Å². The fraction of sp³-hybridized carbons (Fsp3) is 0.385. The molecule has 1 heterocycles. The highest BCUT2D eigenvalue weighted by atomic mass is 79.9. The Bertz CT molecular complexity index is 529. The van der Waals surface area contributed by atoms with Gasteiger partial charge in [-0.25, -0.2) is 4.68 Å². The van der Waals surface area contributed by atoms with Gasteiger partial charge in [-0.15, -0.1) is 5.10 Å². The Labute approximate surface area is 120 Å². The van der Waals surface area contributed by atoms with Gasteiger partial charge in [0.25, 0.3) is 0 Å². The van der Waals surface area contributed by atoms with Crippen molar-refractivity contribution in [1.82, 2.24) is 15.0 Å². The first-order valence-electron chi connectivity index (χ1n) is 6.23. The Morgan fingerprint density at radius 2 is 2.32 bits per heavy atom. The molecule has 1 aromatic carbocycles. The maximum absolute atomic E-state index is 5.89. The summed E-state index contributed by atoms with van der Waals surface area (Å²) < 4.78 is 8.39. The number of hydrogen-bond donors (Lipinski definition) is 1. The summed E-state index contributed by atoms with van der Waals surface area (Å²) in [6, 6.07) is 7.71. The minimum absolute atomic E-state index is 0.0419. The normalized spacial score (nSPS) is 12.4. The second-order valence-electron chi connectivity index (χ2n) is 4.23. The van der Waals surface area contributed by atoms with Gasteiger partial charge in [-0.3, -0.25) is 0 Å². The minimum atomic E-state index is -0.0419. The van der Waals surface area contributed by atoms with E-state index in [1.165, 1.54) is 0 Å². The van der Waals surface area contributed by atoms with Crippen molar-refractivity contribution in [3.63, 3.8) is 0 Å². The quantitative estimate of drug-likeness (QED) is 0.886. The van der Waals surface area contributed by atoms with Crippen LogP contribution in [0.5, 0.6) is 5.75 Å². The monoisotopic (exact) mass is 324 g/mol. The third-order valence-electron chi connectivity index (χ3n) is 2.76. The first kappa shape index (κ1) is 14.0. The first-order chi connectivity index (χ1) is 9.19. The molecule has 5 nitrogen and oxygen atoms in total. The number of benzene rings is 1. The van der Waals surface area contributed by atoms with Gasteiger partial charge >= 0.3 is 0 Å². The average molecular weight is 325 g/mol. The molecule has 0 aliphatic heterocycles. The number of rotatable bonds is 6. The van der Waals surface area contributed by atoms with Crippen molar-refractivity contribution in [2.75, 3.05) is 6.61 Å². The minimum Gasteiger partial charge on any atom is -0.492 e. The SMILES string of the molecule is CCC(N)c1cn(CCOc2cccc(Br)c2)nn1. The van der Waals surface area contributed by atoms with E-state index in [-0.39, 0.29) is 6.04 Å². The first-order valence-corrected chi connectivity index (χ1v) is 7.02. The largest absolute Gasteiger partial charge is 0.492 e. The Hall–Kier alpha value is -1.40. The molecule has 102 valence electrons. The molecule has 0 fully saturated rings. The standard InChI is InChI=1S/C13H17BrN4O/c1-2-12(15)13-9-18(17-16-13)6-7-19-11-5-3-4-10(14)8-11/h3-5,8-9,12H,2,6-7,15H2,1H3. The predicted molar refractivity (Wildman–Crippen MR) is 76.9 cm³/mol. The van der Waals surface area contributed by atoms with Crippen molar-refractivity contribution >= 4 is 15.9 Å². The smallest absolute Gasteiger partial charge is 0.120 e. The van der Waals surface area contributed by atoms with E-state index in [4.69, 9.17) is 10.5 Å². The molecule has 0 saturated heterocycles. The summed E-state index contributed by atoms with van der Waals surface area (Å²) in [6.45, 7) is 3.22. The lowest BCUT2D eigenvalue weighted by molar-refractivity contribution is 0.289. The number of nitrogens with zero attached hydrogens (tertiary/aromatic N) is 3. The average Bonchev–Trinajstić information content (AvgIpc) is 2.87. The van der Waals surface area contributed by atoms with Gasteiger partial charge in [-0.05, 0) is 24.6 Å². The van der Waals surface area contributed by atoms with Crippen molar-refractivity contribution in [2.45, 2.75) is 25.9 Å². The Morgan fingerprint density at radius 3 is 3.05 bits per heavy atom. The van der Waals surface area contributed by atoms with E-state index >= 15 is 0 Å². The van der Waals surface area contributed by atoms with Gasteiger partial charge in [-0.1, -0.05) is 34.1 Å². The Balaban J connectivity index is 1.84. The highest BCUT2D eigenvalue weighted by Gasteiger charge is 2.08. The van der Waals surface area contributed by atoms with Gasteiger partial charge in [0.05, 0.1) is 24.5 Å². The number of halogens is 1. The van der Waals surface area contributed by atoms with E-state index in [0.29, 0.717) is 13.2 Å². The molecule has 1 aromatic heterocycles. The highest BCUT2D eigenvalue weighted by Crippen LogP contribution is 2.17.